The second-order valence-electron chi connectivity index (χ2n) is 7.61. The number of hydrogen-bond donors (Lipinski definition) is 1. The molecule has 3 aliphatic rings. The van der Waals surface area contributed by atoms with E-state index in [9.17, 15) is 9.59 Å². The average molecular weight is 321 g/mol. The Bertz CT molecular complexity index is 436. The fourth-order valence-electron chi connectivity index (χ4n) is 3.95. The van der Waals surface area contributed by atoms with Crippen LogP contribution in [0.2, 0.25) is 0 Å². The van der Waals surface area contributed by atoms with Crippen LogP contribution in [0.15, 0.2) is 0 Å². The second-order valence-corrected chi connectivity index (χ2v) is 7.61. The minimum absolute atomic E-state index is 0.0267. The number of carbonyl (C=O) groups is 2. The summed E-state index contributed by atoms with van der Waals surface area (Å²) in [6.45, 7) is 6.47. The summed E-state index contributed by atoms with van der Waals surface area (Å²) in [4.78, 5) is 29.0. The largest absolute Gasteiger partial charge is 0.353 e. The van der Waals surface area contributed by atoms with E-state index in [2.05, 4.69) is 22.0 Å². The Balaban J connectivity index is 1.39. The number of nitrogens with one attached hydrogen (secondary N) is 1. The van der Waals surface area contributed by atoms with Gasteiger partial charge >= 0.3 is 0 Å². The van der Waals surface area contributed by atoms with Crippen LogP contribution in [0.3, 0.4) is 0 Å². The molecular weight excluding hydrogens is 290 g/mol. The van der Waals surface area contributed by atoms with Crippen molar-refractivity contribution in [3.8, 4) is 0 Å². The summed E-state index contributed by atoms with van der Waals surface area (Å²) in [6.07, 6.45) is 8.40. The minimum atomic E-state index is -0.0267. The van der Waals surface area contributed by atoms with Crippen LogP contribution >= 0.6 is 0 Å². The van der Waals surface area contributed by atoms with Gasteiger partial charge in [-0.05, 0) is 32.1 Å². The van der Waals surface area contributed by atoms with E-state index >= 15 is 0 Å². The predicted octanol–water partition coefficient (Wildman–Crippen LogP) is 1.77. The summed E-state index contributed by atoms with van der Waals surface area (Å²) in [5, 5.41) is 3.04. The van der Waals surface area contributed by atoms with E-state index in [1.54, 1.807) is 0 Å². The Morgan fingerprint density at radius 1 is 1.13 bits per heavy atom. The van der Waals surface area contributed by atoms with E-state index in [1.165, 1.54) is 6.42 Å². The molecule has 1 heterocycles. The molecule has 0 bridgehead atoms. The highest BCUT2D eigenvalue weighted by Crippen LogP contribution is 2.46. The van der Waals surface area contributed by atoms with Gasteiger partial charge in [-0.2, -0.15) is 0 Å². The molecule has 0 aromatic heterocycles. The summed E-state index contributed by atoms with van der Waals surface area (Å²) in [5.74, 6) is 0.582. The molecule has 3 fully saturated rings. The molecule has 0 unspecified atom stereocenters. The highest BCUT2D eigenvalue weighted by atomic mass is 16.2. The Labute approximate surface area is 139 Å². The number of amides is 2. The molecule has 0 aromatic carbocycles. The van der Waals surface area contributed by atoms with Crippen molar-refractivity contribution >= 4 is 11.8 Å². The van der Waals surface area contributed by atoms with Crippen LogP contribution in [0.5, 0.6) is 0 Å². The zero-order valence-corrected chi connectivity index (χ0v) is 14.5. The van der Waals surface area contributed by atoms with E-state index in [0.717, 1.165) is 71.2 Å². The molecule has 3 rings (SSSR count). The lowest BCUT2D eigenvalue weighted by Crippen LogP contribution is -2.55. The van der Waals surface area contributed by atoms with E-state index in [4.69, 9.17) is 0 Å². The van der Waals surface area contributed by atoms with Gasteiger partial charge in [0.15, 0.2) is 0 Å². The first kappa shape index (κ1) is 16.7. The van der Waals surface area contributed by atoms with Gasteiger partial charge in [0.05, 0.1) is 0 Å². The van der Waals surface area contributed by atoms with Crippen molar-refractivity contribution in [1.82, 2.24) is 15.1 Å². The number of hydrogen-bond acceptors (Lipinski definition) is 3. The van der Waals surface area contributed by atoms with Crippen LogP contribution in [-0.2, 0) is 9.59 Å². The number of rotatable bonds is 7. The molecule has 0 radical (unpaired) electrons. The molecular formula is C18H31N3O2. The van der Waals surface area contributed by atoms with Crippen LogP contribution in [0.1, 0.15) is 58.3 Å². The van der Waals surface area contributed by atoms with Crippen molar-refractivity contribution in [3.05, 3.63) is 0 Å². The molecule has 1 aliphatic heterocycles. The molecule has 2 aliphatic carbocycles. The van der Waals surface area contributed by atoms with E-state index < -0.39 is 0 Å². The Morgan fingerprint density at radius 3 is 2.35 bits per heavy atom. The third-order valence-electron chi connectivity index (χ3n) is 5.75. The van der Waals surface area contributed by atoms with Gasteiger partial charge in [-0.3, -0.25) is 14.5 Å². The van der Waals surface area contributed by atoms with Crippen molar-refractivity contribution < 1.29 is 9.59 Å². The van der Waals surface area contributed by atoms with E-state index in [1.807, 2.05) is 0 Å². The first-order valence-corrected chi connectivity index (χ1v) is 9.44. The highest BCUT2D eigenvalue weighted by Gasteiger charge is 2.45. The van der Waals surface area contributed by atoms with Crippen molar-refractivity contribution in [2.24, 2.45) is 5.41 Å². The van der Waals surface area contributed by atoms with Crippen LogP contribution in [0.25, 0.3) is 0 Å². The van der Waals surface area contributed by atoms with Crippen molar-refractivity contribution in [2.45, 2.75) is 64.3 Å². The van der Waals surface area contributed by atoms with Crippen molar-refractivity contribution in [3.63, 3.8) is 0 Å². The lowest BCUT2D eigenvalue weighted by Gasteiger charge is -2.45. The van der Waals surface area contributed by atoms with Gasteiger partial charge in [-0.25, -0.2) is 0 Å². The zero-order valence-electron chi connectivity index (χ0n) is 14.5. The molecule has 2 amide bonds. The third kappa shape index (κ3) is 4.06. The van der Waals surface area contributed by atoms with Gasteiger partial charge in [0.1, 0.15) is 0 Å². The maximum Gasteiger partial charge on any atom is 0.228 e. The summed E-state index contributed by atoms with van der Waals surface area (Å²) in [7, 11) is 0. The van der Waals surface area contributed by atoms with E-state index in [0.29, 0.717) is 18.4 Å². The summed E-state index contributed by atoms with van der Waals surface area (Å²) in [6, 6.07) is 0.453. The van der Waals surface area contributed by atoms with Gasteiger partial charge in [-0.1, -0.05) is 19.8 Å². The smallest absolute Gasteiger partial charge is 0.228 e. The topological polar surface area (TPSA) is 52.7 Å². The lowest BCUT2D eigenvalue weighted by molar-refractivity contribution is -0.150. The first-order chi connectivity index (χ1) is 11.1. The Kier molecular flexibility index (Phi) is 5.24. The van der Waals surface area contributed by atoms with Gasteiger partial charge in [0, 0.05) is 50.6 Å². The van der Waals surface area contributed by atoms with Gasteiger partial charge < -0.3 is 10.2 Å². The van der Waals surface area contributed by atoms with Crippen LogP contribution in [-0.4, -0.2) is 60.4 Å². The summed E-state index contributed by atoms with van der Waals surface area (Å²) < 4.78 is 0. The highest BCUT2D eigenvalue weighted by molar-refractivity contribution is 5.83. The number of nitrogens with zero attached hydrogens (tertiary/aromatic N) is 2. The Hall–Kier alpha value is -1.10. The lowest BCUT2D eigenvalue weighted by atomic mass is 9.65. The molecule has 0 spiro atoms. The van der Waals surface area contributed by atoms with Crippen molar-refractivity contribution in [1.29, 1.82) is 0 Å². The van der Waals surface area contributed by atoms with Crippen molar-refractivity contribution in [2.75, 3.05) is 32.7 Å². The molecule has 1 N–H and O–H groups in total. The van der Waals surface area contributed by atoms with Crippen LogP contribution in [0, 0.1) is 5.41 Å². The minimum Gasteiger partial charge on any atom is -0.353 e. The third-order valence-corrected chi connectivity index (χ3v) is 5.75. The SMILES string of the molecule is CCCC1(C(=O)N2CCN(CCC(=O)NC3CC3)CC2)CCC1. The molecule has 5 heteroatoms. The molecule has 1 saturated heterocycles. The molecule has 2 saturated carbocycles. The van der Waals surface area contributed by atoms with Crippen LogP contribution in [0.4, 0.5) is 0 Å². The van der Waals surface area contributed by atoms with Gasteiger partial charge in [0.2, 0.25) is 11.8 Å². The number of carbonyl (C=O) groups excluding carboxylic acids is 2. The summed E-state index contributed by atoms with van der Waals surface area (Å²) in [5.41, 5.74) is -0.0267. The normalized spacial score (nSPS) is 24.1. The predicted molar refractivity (Wildman–Crippen MR) is 90.0 cm³/mol. The molecule has 5 nitrogen and oxygen atoms in total. The Morgan fingerprint density at radius 2 is 1.83 bits per heavy atom. The summed E-state index contributed by atoms with van der Waals surface area (Å²) >= 11 is 0. The molecule has 23 heavy (non-hydrogen) atoms. The molecule has 130 valence electrons. The zero-order chi connectivity index (χ0) is 16.3. The molecule has 0 aromatic rings. The van der Waals surface area contributed by atoms with Crippen LogP contribution < -0.4 is 5.32 Å². The standard InChI is InChI=1S/C18H31N3O2/c1-2-7-18(8-3-9-18)17(23)21-13-11-20(12-14-21)10-6-16(22)19-15-4-5-15/h15H,2-14H2,1H3,(H,19,22). The van der Waals surface area contributed by atoms with E-state index in [-0.39, 0.29) is 11.3 Å². The fourth-order valence-corrected chi connectivity index (χ4v) is 3.95. The maximum absolute atomic E-state index is 12.8. The maximum atomic E-state index is 12.8. The fraction of sp³-hybridized carbons (Fsp3) is 0.889. The van der Waals surface area contributed by atoms with Gasteiger partial charge in [-0.15, -0.1) is 0 Å². The molecule has 0 atom stereocenters. The average Bonchev–Trinajstić information content (AvgIpc) is 3.32. The second kappa shape index (κ2) is 7.20. The van der Waals surface area contributed by atoms with Gasteiger partial charge in [0.25, 0.3) is 0 Å². The number of piperazine rings is 1. The first-order valence-electron chi connectivity index (χ1n) is 9.44. The monoisotopic (exact) mass is 321 g/mol. The quantitative estimate of drug-likeness (QED) is 0.777.